The van der Waals surface area contributed by atoms with Crippen LogP contribution in [-0.2, 0) is 11.2 Å². The minimum Gasteiger partial charge on any atom is -0.439 e. The van der Waals surface area contributed by atoms with Gasteiger partial charge in [0.1, 0.15) is 17.7 Å². The number of nitrogens with zero attached hydrogens (tertiary/aromatic N) is 2. The molecule has 0 saturated carbocycles. The van der Waals surface area contributed by atoms with Crippen LogP contribution in [0.25, 0.3) is 5.76 Å². The summed E-state index contributed by atoms with van der Waals surface area (Å²) < 4.78 is 11.3. The first-order valence-electron chi connectivity index (χ1n) is 8.50. The fourth-order valence-corrected chi connectivity index (χ4v) is 2.89. The van der Waals surface area contributed by atoms with Gasteiger partial charge in [0, 0.05) is 23.3 Å². The first kappa shape index (κ1) is 17.4. The molecule has 1 aliphatic rings. The molecule has 0 bridgehead atoms. The summed E-state index contributed by atoms with van der Waals surface area (Å²) in [6, 6.07) is 16.9. The number of nitro groups is 1. The van der Waals surface area contributed by atoms with Crippen molar-refractivity contribution in [3.8, 4) is 11.6 Å². The number of aromatic nitrogens is 1. The summed E-state index contributed by atoms with van der Waals surface area (Å²) in [5.74, 6) is 0.851. The SMILES string of the molecule is O=C(OC1=CCc2c(Oc3ccc([N+](=O)[O-])cn3)cccc21)c1ccccc1. The van der Waals surface area contributed by atoms with Crippen molar-refractivity contribution in [2.75, 3.05) is 0 Å². The van der Waals surface area contributed by atoms with E-state index in [0.29, 0.717) is 23.5 Å². The van der Waals surface area contributed by atoms with Crippen LogP contribution in [0.4, 0.5) is 5.69 Å². The molecule has 1 heterocycles. The van der Waals surface area contributed by atoms with E-state index in [1.807, 2.05) is 18.2 Å². The lowest BCUT2D eigenvalue weighted by molar-refractivity contribution is -0.385. The molecule has 0 fully saturated rings. The quantitative estimate of drug-likeness (QED) is 0.370. The number of benzene rings is 2. The van der Waals surface area contributed by atoms with E-state index >= 15 is 0 Å². The zero-order chi connectivity index (χ0) is 19.5. The summed E-state index contributed by atoms with van der Waals surface area (Å²) in [5, 5.41) is 10.7. The monoisotopic (exact) mass is 374 g/mol. The first-order chi connectivity index (χ1) is 13.6. The summed E-state index contributed by atoms with van der Waals surface area (Å²) in [6.07, 6.45) is 3.50. The van der Waals surface area contributed by atoms with E-state index in [-0.39, 0.29) is 11.6 Å². The molecule has 0 N–H and O–H groups in total. The lowest BCUT2D eigenvalue weighted by Gasteiger charge is -2.11. The van der Waals surface area contributed by atoms with Crippen LogP contribution in [0, 0.1) is 10.1 Å². The summed E-state index contributed by atoms with van der Waals surface area (Å²) in [5.41, 5.74) is 1.99. The Labute approximate surface area is 160 Å². The van der Waals surface area contributed by atoms with Crippen LogP contribution in [0.3, 0.4) is 0 Å². The van der Waals surface area contributed by atoms with Gasteiger partial charge in [-0.25, -0.2) is 9.78 Å². The Hall–Kier alpha value is -4.00. The highest BCUT2D eigenvalue weighted by molar-refractivity contribution is 5.93. The number of carbonyl (C=O) groups is 1. The van der Waals surface area contributed by atoms with Gasteiger partial charge in [0.05, 0.1) is 10.5 Å². The van der Waals surface area contributed by atoms with E-state index in [0.717, 1.165) is 17.3 Å². The van der Waals surface area contributed by atoms with Gasteiger partial charge in [0.15, 0.2) is 0 Å². The molecule has 0 aliphatic heterocycles. The third-order valence-electron chi connectivity index (χ3n) is 4.25. The molecule has 2 aromatic carbocycles. The minimum absolute atomic E-state index is 0.109. The van der Waals surface area contributed by atoms with Gasteiger partial charge in [0.25, 0.3) is 5.69 Å². The van der Waals surface area contributed by atoms with E-state index in [9.17, 15) is 14.9 Å². The standard InChI is InChI=1S/C21H14N2O5/c24-21(14-5-2-1-3-6-14)28-19-11-10-17-16(19)7-4-8-18(17)27-20-12-9-15(13-22-20)23(25)26/h1-9,11-13H,10H2. The number of esters is 1. The number of pyridine rings is 1. The number of ether oxygens (including phenoxy) is 2. The molecule has 28 heavy (non-hydrogen) atoms. The predicted octanol–water partition coefficient (Wildman–Crippen LogP) is 4.54. The molecule has 0 spiro atoms. The zero-order valence-electron chi connectivity index (χ0n) is 14.6. The Morgan fingerprint density at radius 1 is 1.04 bits per heavy atom. The fraction of sp³-hybridized carbons (Fsp3) is 0.0476. The van der Waals surface area contributed by atoms with Gasteiger partial charge >= 0.3 is 5.97 Å². The molecular weight excluding hydrogens is 360 g/mol. The van der Waals surface area contributed by atoms with Crippen molar-refractivity contribution in [3.05, 3.63) is 99.7 Å². The molecule has 138 valence electrons. The molecule has 4 rings (SSSR count). The van der Waals surface area contributed by atoms with E-state index in [1.54, 1.807) is 36.4 Å². The molecule has 1 aliphatic carbocycles. The second kappa shape index (κ2) is 7.32. The molecule has 0 unspecified atom stereocenters. The average molecular weight is 374 g/mol. The normalized spacial score (nSPS) is 12.1. The highest BCUT2D eigenvalue weighted by Crippen LogP contribution is 2.36. The van der Waals surface area contributed by atoms with Crippen LogP contribution >= 0.6 is 0 Å². The molecule has 7 nitrogen and oxygen atoms in total. The van der Waals surface area contributed by atoms with Gasteiger partial charge in [0.2, 0.25) is 5.88 Å². The lowest BCUT2D eigenvalue weighted by Crippen LogP contribution is -2.04. The number of hydrogen-bond acceptors (Lipinski definition) is 6. The second-order valence-corrected chi connectivity index (χ2v) is 6.02. The predicted molar refractivity (Wildman–Crippen MR) is 101 cm³/mol. The zero-order valence-corrected chi connectivity index (χ0v) is 14.6. The number of allylic oxidation sites excluding steroid dienone is 1. The summed E-state index contributed by atoms with van der Waals surface area (Å²) >= 11 is 0. The topological polar surface area (TPSA) is 91.6 Å². The number of rotatable bonds is 5. The number of carbonyl (C=O) groups excluding carboxylic acids is 1. The molecular formula is C21H14N2O5. The van der Waals surface area contributed by atoms with Crippen molar-refractivity contribution in [3.63, 3.8) is 0 Å². The van der Waals surface area contributed by atoms with Crippen molar-refractivity contribution in [1.82, 2.24) is 4.98 Å². The van der Waals surface area contributed by atoms with Crippen molar-refractivity contribution in [2.24, 2.45) is 0 Å². The second-order valence-electron chi connectivity index (χ2n) is 6.02. The van der Waals surface area contributed by atoms with Crippen LogP contribution in [0.1, 0.15) is 21.5 Å². The molecule has 0 amide bonds. The van der Waals surface area contributed by atoms with Crippen LogP contribution in [0.15, 0.2) is 72.9 Å². The van der Waals surface area contributed by atoms with Crippen LogP contribution in [0.2, 0.25) is 0 Å². The van der Waals surface area contributed by atoms with Gasteiger partial charge < -0.3 is 9.47 Å². The van der Waals surface area contributed by atoms with E-state index in [2.05, 4.69) is 4.98 Å². The van der Waals surface area contributed by atoms with Gasteiger partial charge in [-0.15, -0.1) is 0 Å². The van der Waals surface area contributed by atoms with Crippen molar-refractivity contribution >= 4 is 17.4 Å². The minimum atomic E-state index is -0.520. The van der Waals surface area contributed by atoms with Gasteiger partial charge in [-0.05, 0) is 30.7 Å². The number of fused-ring (bicyclic) bond motifs is 1. The van der Waals surface area contributed by atoms with E-state index in [1.165, 1.54) is 12.1 Å². The molecule has 0 saturated heterocycles. The fourth-order valence-electron chi connectivity index (χ4n) is 2.89. The Bertz CT molecular complexity index is 1080. The summed E-state index contributed by atoms with van der Waals surface area (Å²) in [6.45, 7) is 0. The largest absolute Gasteiger partial charge is 0.439 e. The number of hydrogen-bond donors (Lipinski definition) is 0. The smallest absolute Gasteiger partial charge is 0.343 e. The highest BCUT2D eigenvalue weighted by Gasteiger charge is 2.22. The van der Waals surface area contributed by atoms with Gasteiger partial charge in [-0.3, -0.25) is 10.1 Å². The molecule has 7 heteroatoms. The summed E-state index contributed by atoms with van der Waals surface area (Å²) in [4.78, 5) is 26.5. The molecule has 0 radical (unpaired) electrons. The highest BCUT2D eigenvalue weighted by atomic mass is 16.6. The Balaban J connectivity index is 1.53. The van der Waals surface area contributed by atoms with Crippen molar-refractivity contribution in [2.45, 2.75) is 6.42 Å². The molecule has 1 aromatic heterocycles. The Morgan fingerprint density at radius 2 is 1.86 bits per heavy atom. The first-order valence-corrected chi connectivity index (χ1v) is 8.50. The van der Waals surface area contributed by atoms with Crippen LogP contribution < -0.4 is 4.74 Å². The maximum absolute atomic E-state index is 12.3. The summed E-state index contributed by atoms with van der Waals surface area (Å²) in [7, 11) is 0. The van der Waals surface area contributed by atoms with Gasteiger partial charge in [-0.2, -0.15) is 0 Å². The molecule has 0 atom stereocenters. The average Bonchev–Trinajstić information content (AvgIpc) is 3.13. The van der Waals surface area contributed by atoms with Crippen molar-refractivity contribution in [1.29, 1.82) is 0 Å². The van der Waals surface area contributed by atoms with Crippen molar-refractivity contribution < 1.29 is 19.2 Å². The third kappa shape index (κ3) is 3.45. The third-order valence-corrected chi connectivity index (χ3v) is 4.25. The lowest BCUT2D eigenvalue weighted by atomic mass is 10.1. The maximum atomic E-state index is 12.3. The Morgan fingerprint density at radius 3 is 2.57 bits per heavy atom. The van der Waals surface area contributed by atoms with Crippen LogP contribution in [-0.4, -0.2) is 15.9 Å². The van der Waals surface area contributed by atoms with E-state index < -0.39 is 10.9 Å². The Kier molecular flexibility index (Phi) is 4.55. The van der Waals surface area contributed by atoms with Crippen LogP contribution in [0.5, 0.6) is 11.6 Å². The maximum Gasteiger partial charge on any atom is 0.343 e. The van der Waals surface area contributed by atoms with Gasteiger partial charge in [-0.1, -0.05) is 30.3 Å². The van der Waals surface area contributed by atoms with E-state index in [4.69, 9.17) is 9.47 Å². The molecule has 3 aromatic rings.